The largest absolute Gasteiger partial charge is 0.271 e. The highest BCUT2D eigenvalue weighted by atomic mass is 35.5. The van der Waals surface area contributed by atoms with E-state index in [1.165, 1.54) is 46.8 Å². The molecule has 2 aromatic rings. The van der Waals surface area contributed by atoms with Gasteiger partial charge >= 0.3 is 0 Å². The number of nitrogens with one attached hydrogen (secondary N) is 1. The fraction of sp³-hybridized carbons (Fsp3) is 0.222. The molecule has 2 aromatic carbocycles. The van der Waals surface area contributed by atoms with Crippen LogP contribution in [0.3, 0.4) is 0 Å². The van der Waals surface area contributed by atoms with E-state index in [-0.39, 0.29) is 21.0 Å². The van der Waals surface area contributed by atoms with Gasteiger partial charge in [-0.3, -0.25) is 4.79 Å². The predicted molar refractivity (Wildman–Crippen MR) is 103 cm³/mol. The first-order valence-corrected chi connectivity index (χ1v) is 10.0. The summed E-state index contributed by atoms with van der Waals surface area (Å²) >= 11 is 5.87. The number of amides is 1. The molecule has 0 heterocycles. The number of rotatable bonds is 7. The summed E-state index contributed by atoms with van der Waals surface area (Å²) in [6.07, 6.45) is 1.09. The fourth-order valence-electron chi connectivity index (χ4n) is 2.36. The molecule has 0 aliphatic heterocycles. The van der Waals surface area contributed by atoms with Crippen LogP contribution in [0.4, 0.5) is 4.39 Å². The van der Waals surface area contributed by atoms with E-state index >= 15 is 0 Å². The smallest absolute Gasteiger partial charge is 0.267 e. The Balaban J connectivity index is 2.20. The molecule has 0 fully saturated rings. The summed E-state index contributed by atoms with van der Waals surface area (Å²) in [6.45, 7) is 4.12. The normalized spacial score (nSPS) is 11.9. The average molecular weight is 412 g/mol. The molecule has 0 saturated heterocycles. The lowest BCUT2D eigenvalue weighted by molar-refractivity contribution is 0.0955. The molecule has 6 nitrogen and oxygen atoms in total. The van der Waals surface area contributed by atoms with Gasteiger partial charge in [0.25, 0.3) is 5.91 Å². The number of carbonyl (C=O) groups excluding carboxylic acids is 1. The van der Waals surface area contributed by atoms with Crippen molar-refractivity contribution in [3.8, 4) is 0 Å². The lowest BCUT2D eigenvalue weighted by atomic mass is 10.2. The van der Waals surface area contributed by atoms with Crippen molar-refractivity contribution in [3.05, 3.63) is 64.4 Å². The second kappa shape index (κ2) is 9.07. The minimum absolute atomic E-state index is 0.0139. The maximum atomic E-state index is 13.7. The van der Waals surface area contributed by atoms with Crippen molar-refractivity contribution in [3.63, 3.8) is 0 Å². The first-order valence-electron chi connectivity index (χ1n) is 8.18. The number of hydrogen-bond acceptors (Lipinski definition) is 4. The van der Waals surface area contributed by atoms with E-state index < -0.39 is 21.7 Å². The zero-order valence-corrected chi connectivity index (χ0v) is 16.4. The molecule has 0 radical (unpaired) electrons. The van der Waals surface area contributed by atoms with Crippen molar-refractivity contribution in [2.24, 2.45) is 5.10 Å². The number of benzene rings is 2. The Morgan fingerprint density at radius 2 is 1.89 bits per heavy atom. The third kappa shape index (κ3) is 4.91. The van der Waals surface area contributed by atoms with Crippen molar-refractivity contribution < 1.29 is 17.6 Å². The minimum Gasteiger partial charge on any atom is -0.267 e. The van der Waals surface area contributed by atoms with Crippen LogP contribution < -0.4 is 5.43 Å². The molecule has 0 atom stereocenters. The Kier molecular flexibility index (Phi) is 7.06. The minimum atomic E-state index is -3.68. The third-order valence-corrected chi connectivity index (χ3v) is 6.17. The van der Waals surface area contributed by atoms with Crippen molar-refractivity contribution in [2.75, 3.05) is 13.1 Å². The Labute approximate surface area is 162 Å². The highest BCUT2D eigenvalue weighted by Gasteiger charge is 2.22. The summed E-state index contributed by atoms with van der Waals surface area (Å²) in [5.41, 5.74) is 2.38. The Morgan fingerprint density at radius 1 is 1.22 bits per heavy atom. The molecule has 0 spiro atoms. The fourth-order valence-corrected chi connectivity index (χ4v) is 4.08. The summed E-state index contributed by atoms with van der Waals surface area (Å²) in [6, 6.07) is 9.80. The lowest BCUT2D eigenvalue weighted by Crippen LogP contribution is -2.30. The molecule has 0 bridgehead atoms. The molecule has 9 heteroatoms. The topological polar surface area (TPSA) is 78.8 Å². The first-order chi connectivity index (χ1) is 12.8. The summed E-state index contributed by atoms with van der Waals surface area (Å²) in [4.78, 5) is 12.2. The quantitative estimate of drug-likeness (QED) is 0.561. The van der Waals surface area contributed by atoms with Gasteiger partial charge in [0.2, 0.25) is 10.0 Å². The van der Waals surface area contributed by atoms with Gasteiger partial charge in [-0.2, -0.15) is 9.41 Å². The molecule has 2 rings (SSSR count). The van der Waals surface area contributed by atoms with E-state index in [4.69, 9.17) is 11.6 Å². The van der Waals surface area contributed by atoms with Crippen LogP contribution in [0.2, 0.25) is 5.02 Å². The van der Waals surface area contributed by atoms with Crippen LogP contribution in [0.5, 0.6) is 0 Å². The molecule has 0 aliphatic carbocycles. The van der Waals surface area contributed by atoms with E-state index in [2.05, 4.69) is 10.5 Å². The molecule has 0 unspecified atom stereocenters. The summed E-state index contributed by atoms with van der Waals surface area (Å²) < 4.78 is 40.1. The van der Waals surface area contributed by atoms with Crippen molar-refractivity contribution >= 4 is 33.7 Å². The number of halogens is 2. The molecule has 144 valence electrons. The SMILES string of the molecule is CCN(CC)S(=O)(=O)c1cccc(C(=O)N/N=C\c2c(F)cccc2Cl)c1. The van der Waals surface area contributed by atoms with Crippen molar-refractivity contribution in [2.45, 2.75) is 18.7 Å². The van der Waals surface area contributed by atoms with Crippen LogP contribution >= 0.6 is 11.6 Å². The van der Waals surface area contributed by atoms with Crippen LogP contribution in [0.15, 0.2) is 52.5 Å². The number of hydrogen-bond donors (Lipinski definition) is 1. The number of nitrogens with zero attached hydrogens (tertiary/aromatic N) is 2. The van der Waals surface area contributed by atoms with Crippen molar-refractivity contribution in [1.82, 2.24) is 9.73 Å². The Hall–Kier alpha value is -2.29. The molecular formula is C18H19ClFN3O3S. The van der Waals surface area contributed by atoms with E-state index in [0.29, 0.717) is 13.1 Å². The Morgan fingerprint density at radius 3 is 2.52 bits per heavy atom. The highest BCUT2D eigenvalue weighted by molar-refractivity contribution is 7.89. The number of hydrazone groups is 1. The van der Waals surface area contributed by atoms with Crippen LogP contribution in [-0.4, -0.2) is 37.9 Å². The number of sulfonamides is 1. The molecule has 1 N–H and O–H groups in total. The average Bonchev–Trinajstić information content (AvgIpc) is 2.65. The van der Waals surface area contributed by atoms with Gasteiger partial charge in [0, 0.05) is 24.2 Å². The van der Waals surface area contributed by atoms with Crippen molar-refractivity contribution in [1.29, 1.82) is 0 Å². The monoisotopic (exact) mass is 411 g/mol. The molecule has 0 aromatic heterocycles. The zero-order valence-electron chi connectivity index (χ0n) is 14.8. The van der Waals surface area contributed by atoms with Crippen LogP contribution in [-0.2, 0) is 10.0 Å². The van der Waals surface area contributed by atoms with E-state index in [0.717, 1.165) is 6.21 Å². The summed E-state index contributed by atoms with van der Waals surface area (Å²) in [7, 11) is -3.68. The number of carbonyl (C=O) groups is 1. The third-order valence-electron chi connectivity index (χ3n) is 3.80. The lowest BCUT2D eigenvalue weighted by Gasteiger charge is -2.18. The van der Waals surface area contributed by atoms with Gasteiger partial charge in [-0.05, 0) is 30.3 Å². The van der Waals surface area contributed by atoms with Gasteiger partial charge in [-0.1, -0.05) is 37.6 Å². The van der Waals surface area contributed by atoms with Gasteiger partial charge in [-0.15, -0.1) is 0 Å². The van der Waals surface area contributed by atoms with E-state index in [1.807, 2.05) is 0 Å². The maximum Gasteiger partial charge on any atom is 0.271 e. The van der Waals surface area contributed by atoms with Gasteiger partial charge in [0.1, 0.15) is 5.82 Å². The van der Waals surface area contributed by atoms with Crippen LogP contribution in [0.25, 0.3) is 0 Å². The standard InChI is InChI=1S/C18H19ClFN3O3S/c1-3-23(4-2)27(25,26)14-8-5-7-13(11-14)18(24)22-21-12-15-16(19)9-6-10-17(15)20/h5-12H,3-4H2,1-2H3,(H,22,24)/b21-12-. The van der Waals surface area contributed by atoms with E-state index in [9.17, 15) is 17.6 Å². The Bertz CT molecular complexity index is 940. The van der Waals surface area contributed by atoms with Gasteiger partial charge in [0.15, 0.2) is 0 Å². The predicted octanol–water partition coefficient (Wildman–Crippen LogP) is 3.27. The summed E-state index contributed by atoms with van der Waals surface area (Å²) in [5.74, 6) is -1.21. The van der Waals surface area contributed by atoms with E-state index in [1.54, 1.807) is 13.8 Å². The molecule has 0 aliphatic rings. The van der Waals surface area contributed by atoms with Gasteiger partial charge in [0.05, 0.1) is 16.1 Å². The second-order valence-corrected chi connectivity index (χ2v) is 7.80. The zero-order chi connectivity index (χ0) is 20.0. The van der Waals surface area contributed by atoms with Crippen LogP contribution in [0.1, 0.15) is 29.8 Å². The molecule has 0 saturated carbocycles. The highest BCUT2D eigenvalue weighted by Crippen LogP contribution is 2.18. The second-order valence-electron chi connectivity index (χ2n) is 5.45. The van der Waals surface area contributed by atoms with Gasteiger partial charge in [-0.25, -0.2) is 18.2 Å². The van der Waals surface area contributed by atoms with Gasteiger partial charge < -0.3 is 0 Å². The molecular weight excluding hydrogens is 393 g/mol. The molecule has 27 heavy (non-hydrogen) atoms. The molecule has 1 amide bonds. The summed E-state index contributed by atoms with van der Waals surface area (Å²) in [5, 5.41) is 3.84. The first kappa shape index (κ1) is 21.0. The maximum absolute atomic E-state index is 13.7. The van der Waals surface area contributed by atoms with Crippen LogP contribution in [0, 0.1) is 5.82 Å².